The van der Waals surface area contributed by atoms with Crippen molar-refractivity contribution < 1.29 is 5.11 Å². The molecule has 1 saturated heterocycles. The van der Waals surface area contributed by atoms with Crippen LogP contribution in [-0.2, 0) is 0 Å². The Morgan fingerprint density at radius 2 is 2.05 bits per heavy atom. The number of anilines is 1. The largest absolute Gasteiger partial charge is 0.389 e. The van der Waals surface area contributed by atoms with Crippen LogP contribution >= 0.6 is 0 Å². The highest BCUT2D eigenvalue weighted by atomic mass is 16.3. The molecule has 0 unspecified atom stereocenters. The number of hydrogen-bond acceptors (Lipinski definition) is 3. The normalized spacial score (nSPS) is 19.4. The second kappa shape index (κ2) is 5.85. The van der Waals surface area contributed by atoms with Gasteiger partial charge < -0.3 is 10.0 Å². The van der Waals surface area contributed by atoms with Gasteiger partial charge >= 0.3 is 0 Å². The van der Waals surface area contributed by atoms with Gasteiger partial charge in [-0.2, -0.15) is 5.26 Å². The van der Waals surface area contributed by atoms with Gasteiger partial charge in [-0.3, -0.25) is 0 Å². The molecule has 0 spiro atoms. The van der Waals surface area contributed by atoms with Gasteiger partial charge in [0.05, 0.1) is 17.7 Å². The fourth-order valence-corrected chi connectivity index (χ4v) is 2.88. The molecule has 1 fully saturated rings. The summed E-state index contributed by atoms with van der Waals surface area (Å²) in [5.41, 5.74) is 3.04. The summed E-state index contributed by atoms with van der Waals surface area (Å²) in [6, 6.07) is 7.77. The molecule has 20 heavy (non-hydrogen) atoms. The molecule has 1 aliphatic heterocycles. The van der Waals surface area contributed by atoms with Crippen LogP contribution in [-0.4, -0.2) is 18.2 Å². The minimum atomic E-state index is -0.503. The summed E-state index contributed by atoms with van der Waals surface area (Å²) in [5, 5.41) is 19.0. The predicted octanol–water partition coefficient (Wildman–Crippen LogP) is 3.63. The summed E-state index contributed by atoms with van der Waals surface area (Å²) in [5.74, 6) is 0. The van der Waals surface area contributed by atoms with E-state index in [4.69, 9.17) is 5.26 Å². The van der Waals surface area contributed by atoms with E-state index < -0.39 is 6.10 Å². The summed E-state index contributed by atoms with van der Waals surface area (Å²) in [6.07, 6.45) is 3.04. The molecule has 0 amide bonds. The number of piperidine rings is 1. The van der Waals surface area contributed by atoms with E-state index in [2.05, 4.69) is 24.8 Å². The van der Waals surface area contributed by atoms with E-state index in [1.807, 2.05) is 12.1 Å². The van der Waals surface area contributed by atoms with E-state index in [0.29, 0.717) is 11.0 Å². The second-order valence-corrected chi connectivity index (χ2v) is 6.21. The summed E-state index contributed by atoms with van der Waals surface area (Å²) < 4.78 is 0. The highest BCUT2D eigenvalue weighted by Gasteiger charge is 2.29. The van der Waals surface area contributed by atoms with Crippen LogP contribution in [0.5, 0.6) is 0 Å². The first kappa shape index (κ1) is 14.9. The first-order valence-corrected chi connectivity index (χ1v) is 7.46. The standard InChI is InChI=1S/C17H24N2O/c1-4-17(3)7-9-19(10-8-17)16-11-14(12-18)5-6-15(16)13(2)20/h5-6,11,13,20H,4,7-10H2,1-3H3/t13-/m0/s1. The van der Waals surface area contributed by atoms with Gasteiger partial charge in [0.2, 0.25) is 0 Å². The van der Waals surface area contributed by atoms with Crippen molar-refractivity contribution in [3.05, 3.63) is 29.3 Å². The minimum absolute atomic E-state index is 0.439. The molecular weight excluding hydrogens is 248 g/mol. The van der Waals surface area contributed by atoms with E-state index in [-0.39, 0.29) is 0 Å². The van der Waals surface area contributed by atoms with Gasteiger partial charge in [0.15, 0.2) is 0 Å². The van der Waals surface area contributed by atoms with Crippen molar-refractivity contribution in [2.45, 2.75) is 46.1 Å². The third-order valence-electron chi connectivity index (χ3n) is 4.77. The SMILES string of the molecule is CCC1(C)CCN(c2cc(C#N)ccc2[C@H](C)O)CC1. The lowest BCUT2D eigenvalue weighted by Gasteiger charge is -2.41. The lowest BCUT2D eigenvalue weighted by atomic mass is 9.78. The van der Waals surface area contributed by atoms with E-state index in [1.165, 1.54) is 19.3 Å². The molecule has 0 saturated carbocycles. The van der Waals surface area contributed by atoms with Crippen LogP contribution in [0.25, 0.3) is 0 Å². The van der Waals surface area contributed by atoms with Gasteiger partial charge in [-0.1, -0.05) is 26.3 Å². The molecule has 1 aliphatic rings. The fraction of sp³-hybridized carbons (Fsp3) is 0.588. The van der Waals surface area contributed by atoms with Crippen molar-refractivity contribution in [1.82, 2.24) is 0 Å². The maximum absolute atomic E-state index is 9.94. The summed E-state index contributed by atoms with van der Waals surface area (Å²) in [6.45, 7) is 8.39. The maximum Gasteiger partial charge on any atom is 0.0992 e. The van der Waals surface area contributed by atoms with E-state index >= 15 is 0 Å². The Morgan fingerprint density at radius 1 is 1.40 bits per heavy atom. The lowest BCUT2D eigenvalue weighted by Crippen LogP contribution is -2.39. The molecule has 2 rings (SSSR count). The molecule has 3 nitrogen and oxygen atoms in total. The van der Waals surface area contributed by atoms with Crippen LogP contribution in [0.3, 0.4) is 0 Å². The monoisotopic (exact) mass is 272 g/mol. The molecule has 1 aromatic rings. The Bertz CT molecular complexity index is 508. The number of nitrogens with zero attached hydrogens (tertiary/aromatic N) is 2. The van der Waals surface area contributed by atoms with Gasteiger partial charge in [0.25, 0.3) is 0 Å². The van der Waals surface area contributed by atoms with Crippen molar-refractivity contribution in [1.29, 1.82) is 5.26 Å². The van der Waals surface area contributed by atoms with E-state index in [0.717, 1.165) is 24.3 Å². The molecule has 1 atom stereocenters. The average molecular weight is 272 g/mol. The van der Waals surface area contributed by atoms with E-state index in [1.54, 1.807) is 13.0 Å². The Kier molecular flexibility index (Phi) is 4.35. The first-order chi connectivity index (χ1) is 9.49. The summed E-state index contributed by atoms with van der Waals surface area (Å²) in [7, 11) is 0. The van der Waals surface area contributed by atoms with Crippen molar-refractivity contribution in [2.24, 2.45) is 5.41 Å². The predicted molar refractivity (Wildman–Crippen MR) is 81.6 cm³/mol. The van der Waals surface area contributed by atoms with E-state index in [9.17, 15) is 5.11 Å². The molecule has 3 heteroatoms. The van der Waals surface area contributed by atoms with Crippen molar-refractivity contribution in [3.8, 4) is 6.07 Å². The lowest BCUT2D eigenvalue weighted by molar-refractivity contribution is 0.198. The maximum atomic E-state index is 9.94. The quantitative estimate of drug-likeness (QED) is 0.914. The van der Waals surface area contributed by atoms with Gasteiger partial charge in [0, 0.05) is 24.3 Å². The second-order valence-electron chi connectivity index (χ2n) is 6.21. The highest BCUT2D eigenvalue weighted by molar-refractivity contribution is 5.58. The molecule has 1 aromatic carbocycles. The van der Waals surface area contributed by atoms with Crippen molar-refractivity contribution in [2.75, 3.05) is 18.0 Å². The fourth-order valence-electron chi connectivity index (χ4n) is 2.88. The number of rotatable bonds is 3. The van der Waals surface area contributed by atoms with Gasteiger partial charge in [-0.05, 0) is 37.3 Å². The summed E-state index contributed by atoms with van der Waals surface area (Å²) in [4.78, 5) is 2.32. The molecule has 1 N–H and O–H groups in total. The zero-order valence-electron chi connectivity index (χ0n) is 12.7. The Balaban J connectivity index is 2.26. The Morgan fingerprint density at radius 3 is 2.55 bits per heavy atom. The van der Waals surface area contributed by atoms with Gasteiger partial charge in [-0.25, -0.2) is 0 Å². The summed E-state index contributed by atoms with van der Waals surface area (Å²) >= 11 is 0. The van der Waals surface area contributed by atoms with Crippen LogP contribution in [0.15, 0.2) is 18.2 Å². The number of aliphatic hydroxyl groups excluding tert-OH is 1. The average Bonchev–Trinajstić information content (AvgIpc) is 2.47. The van der Waals surface area contributed by atoms with Crippen LogP contribution in [0, 0.1) is 16.7 Å². The topological polar surface area (TPSA) is 47.3 Å². The molecule has 1 heterocycles. The van der Waals surface area contributed by atoms with Crippen LogP contribution in [0.4, 0.5) is 5.69 Å². The molecule has 0 aromatic heterocycles. The zero-order chi connectivity index (χ0) is 14.8. The van der Waals surface area contributed by atoms with Crippen LogP contribution in [0.2, 0.25) is 0 Å². The Labute approximate surface area is 121 Å². The number of hydrogen-bond donors (Lipinski definition) is 1. The molecule has 0 aliphatic carbocycles. The third kappa shape index (κ3) is 2.96. The number of benzene rings is 1. The molecule has 0 bridgehead atoms. The molecule has 0 radical (unpaired) electrons. The minimum Gasteiger partial charge on any atom is -0.389 e. The molecule has 108 valence electrons. The zero-order valence-corrected chi connectivity index (χ0v) is 12.7. The smallest absolute Gasteiger partial charge is 0.0992 e. The number of aliphatic hydroxyl groups is 1. The van der Waals surface area contributed by atoms with Gasteiger partial charge in [-0.15, -0.1) is 0 Å². The van der Waals surface area contributed by atoms with Crippen molar-refractivity contribution >= 4 is 5.69 Å². The first-order valence-electron chi connectivity index (χ1n) is 7.46. The molecular formula is C17H24N2O. The third-order valence-corrected chi connectivity index (χ3v) is 4.77. The Hall–Kier alpha value is -1.53. The van der Waals surface area contributed by atoms with Crippen LogP contribution < -0.4 is 4.90 Å². The van der Waals surface area contributed by atoms with Crippen molar-refractivity contribution in [3.63, 3.8) is 0 Å². The van der Waals surface area contributed by atoms with Gasteiger partial charge in [0.1, 0.15) is 0 Å². The number of nitriles is 1. The van der Waals surface area contributed by atoms with Crippen LogP contribution in [0.1, 0.15) is 57.3 Å². The highest BCUT2D eigenvalue weighted by Crippen LogP contribution is 2.37.